The SMILES string of the molecule is CCCCCC(C)/C=C/C1C(C)CC(=O)C1CCCCCCC1C(CN(c2c(C)c(C)c(C)c(C)c2C)c2c(C)c(C)c(C)c(O)c2C)=NC(C)(C)C1(C)C. The highest BCUT2D eigenvalue weighted by atomic mass is 16.3. The Hall–Kier alpha value is -2.88. The summed E-state index contributed by atoms with van der Waals surface area (Å²) in [6.07, 6.45) is 17.5. The Balaban J connectivity index is 1.54. The van der Waals surface area contributed by atoms with Crippen LogP contribution in [-0.4, -0.2) is 28.7 Å². The zero-order chi connectivity index (χ0) is 41.2. The monoisotopic (exact) mass is 753 g/mol. The van der Waals surface area contributed by atoms with Crippen molar-refractivity contribution >= 4 is 22.9 Å². The van der Waals surface area contributed by atoms with E-state index in [-0.39, 0.29) is 16.9 Å². The second-order valence-corrected chi connectivity index (χ2v) is 19.4. The molecule has 5 atom stereocenters. The molecule has 4 heteroatoms. The van der Waals surface area contributed by atoms with Gasteiger partial charge in [-0.15, -0.1) is 0 Å². The summed E-state index contributed by atoms with van der Waals surface area (Å²) in [6.45, 7) is 36.9. The van der Waals surface area contributed by atoms with Gasteiger partial charge in [0.2, 0.25) is 0 Å². The lowest BCUT2D eigenvalue weighted by atomic mass is 9.66. The molecule has 1 heterocycles. The fourth-order valence-electron chi connectivity index (χ4n) is 10.2. The molecule has 2 aromatic rings. The predicted molar refractivity (Wildman–Crippen MR) is 239 cm³/mol. The van der Waals surface area contributed by atoms with Crippen LogP contribution >= 0.6 is 0 Å². The molecule has 1 aliphatic heterocycles. The van der Waals surface area contributed by atoms with Gasteiger partial charge in [-0.1, -0.05) is 91.7 Å². The number of rotatable bonds is 17. The summed E-state index contributed by atoms with van der Waals surface area (Å²) in [6, 6.07) is 0. The molecule has 5 unspecified atom stereocenters. The first-order valence-electron chi connectivity index (χ1n) is 22.1. The third-order valence-corrected chi connectivity index (χ3v) is 15.4. The number of aliphatic imine (C=N–C) groups is 1. The van der Waals surface area contributed by atoms with Crippen LogP contribution in [0.3, 0.4) is 0 Å². The summed E-state index contributed by atoms with van der Waals surface area (Å²) < 4.78 is 0. The Labute approximate surface area is 338 Å². The van der Waals surface area contributed by atoms with E-state index in [0.717, 1.165) is 48.1 Å². The Kier molecular flexibility index (Phi) is 14.8. The van der Waals surface area contributed by atoms with E-state index in [1.165, 1.54) is 89.7 Å². The highest BCUT2D eigenvalue weighted by molar-refractivity contribution is 5.97. The number of Topliss-reactive ketones (excluding diaryl/α,β-unsaturated/α-hetero) is 1. The molecule has 0 saturated heterocycles. The van der Waals surface area contributed by atoms with Gasteiger partial charge >= 0.3 is 0 Å². The van der Waals surface area contributed by atoms with Crippen LogP contribution in [-0.2, 0) is 4.79 Å². The standard InChI is InChI=1S/C51H80N2O2/c1-17-18-21-24-31(2)27-28-42-32(3)29-46(54)43(42)25-22-19-20-23-26-44-45(52-51(15,16)50(44,13)14)30-53(47-37(8)34(5)33(4)35(6)38(47)9)48-39(10)36(7)40(11)49(55)41(48)12/h27-28,31-32,42-44,55H,17-26,29-30H2,1-16H3/b28-27+. The summed E-state index contributed by atoms with van der Waals surface area (Å²) in [7, 11) is 0. The van der Waals surface area contributed by atoms with Crippen molar-refractivity contribution in [2.45, 2.75) is 187 Å². The van der Waals surface area contributed by atoms with E-state index in [9.17, 15) is 9.90 Å². The lowest BCUT2D eigenvalue weighted by Crippen LogP contribution is -2.40. The first-order chi connectivity index (χ1) is 25.7. The number of hydrogen-bond donors (Lipinski definition) is 1. The van der Waals surface area contributed by atoms with E-state index in [1.807, 2.05) is 6.92 Å². The molecule has 1 N–H and O–H groups in total. The molecular formula is C51H80N2O2. The minimum Gasteiger partial charge on any atom is -0.507 e. The average Bonchev–Trinajstić information content (AvgIpc) is 3.49. The van der Waals surface area contributed by atoms with Crippen LogP contribution in [0.1, 0.15) is 169 Å². The Morgan fingerprint density at radius 1 is 0.745 bits per heavy atom. The molecule has 55 heavy (non-hydrogen) atoms. The molecule has 1 fully saturated rings. The van der Waals surface area contributed by atoms with E-state index >= 15 is 0 Å². The molecule has 306 valence electrons. The number of aromatic hydroxyl groups is 1. The third kappa shape index (κ3) is 9.15. The van der Waals surface area contributed by atoms with Crippen molar-refractivity contribution in [3.8, 4) is 5.75 Å². The summed E-state index contributed by atoms with van der Waals surface area (Å²) >= 11 is 0. The van der Waals surface area contributed by atoms with Gasteiger partial charge in [-0.2, -0.15) is 0 Å². The largest absolute Gasteiger partial charge is 0.507 e. The Bertz CT molecular complexity index is 1630. The van der Waals surface area contributed by atoms with Gasteiger partial charge < -0.3 is 10.0 Å². The van der Waals surface area contributed by atoms with Crippen LogP contribution in [0.4, 0.5) is 11.4 Å². The Morgan fingerprint density at radius 3 is 1.85 bits per heavy atom. The number of phenols is 1. The molecule has 0 aromatic heterocycles. The molecule has 2 aromatic carbocycles. The third-order valence-electron chi connectivity index (χ3n) is 15.4. The second-order valence-electron chi connectivity index (χ2n) is 19.4. The number of benzene rings is 2. The first kappa shape index (κ1) is 44.8. The molecular weight excluding hydrogens is 673 g/mol. The summed E-state index contributed by atoms with van der Waals surface area (Å²) in [5.41, 5.74) is 14.4. The summed E-state index contributed by atoms with van der Waals surface area (Å²) in [4.78, 5) is 21.3. The maximum Gasteiger partial charge on any atom is 0.136 e. The van der Waals surface area contributed by atoms with Crippen molar-refractivity contribution in [2.24, 2.45) is 40.0 Å². The van der Waals surface area contributed by atoms with Crippen LogP contribution in [0.15, 0.2) is 17.1 Å². The van der Waals surface area contributed by atoms with E-state index < -0.39 is 0 Å². The van der Waals surface area contributed by atoms with Crippen molar-refractivity contribution in [3.63, 3.8) is 0 Å². The molecule has 0 bridgehead atoms. The highest BCUT2D eigenvalue weighted by Crippen LogP contribution is 2.51. The van der Waals surface area contributed by atoms with Gasteiger partial charge in [0.15, 0.2) is 0 Å². The topological polar surface area (TPSA) is 52.9 Å². The summed E-state index contributed by atoms with van der Waals surface area (Å²) in [5.74, 6) is 2.91. The van der Waals surface area contributed by atoms with Crippen LogP contribution in [0, 0.1) is 97.3 Å². The number of carbonyl (C=O) groups is 1. The van der Waals surface area contributed by atoms with Gasteiger partial charge in [-0.25, -0.2) is 0 Å². The number of phenolic OH excluding ortho intramolecular Hbond substituents is 1. The molecule has 1 aliphatic carbocycles. The maximum atomic E-state index is 13.1. The second kappa shape index (κ2) is 18.1. The molecule has 2 aliphatic rings. The maximum absolute atomic E-state index is 13.1. The zero-order valence-corrected chi connectivity index (χ0v) is 38.3. The van der Waals surface area contributed by atoms with Crippen molar-refractivity contribution in [3.05, 3.63) is 62.2 Å². The zero-order valence-electron chi connectivity index (χ0n) is 38.3. The average molecular weight is 753 g/mol. The smallest absolute Gasteiger partial charge is 0.136 e. The van der Waals surface area contributed by atoms with Crippen molar-refractivity contribution in [1.29, 1.82) is 0 Å². The van der Waals surface area contributed by atoms with Gasteiger partial charge in [0.25, 0.3) is 0 Å². The molecule has 4 rings (SSSR count). The highest BCUT2D eigenvalue weighted by Gasteiger charge is 2.50. The lowest BCUT2D eigenvalue weighted by Gasteiger charge is -2.39. The molecule has 0 radical (unpaired) electrons. The van der Waals surface area contributed by atoms with Crippen LogP contribution < -0.4 is 4.90 Å². The predicted octanol–water partition coefficient (Wildman–Crippen LogP) is 14.1. The number of unbranched alkanes of at least 4 members (excludes halogenated alkanes) is 5. The van der Waals surface area contributed by atoms with Crippen LogP contribution in [0.5, 0.6) is 5.75 Å². The minimum atomic E-state index is -0.188. The summed E-state index contributed by atoms with van der Waals surface area (Å²) in [5, 5.41) is 11.5. The quantitative estimate of drug-likeness (QED) is 0.129. The van der Waals surface area contributed by atoms with Crippen LogP contribution in [0.25, 0.3) is 0 Å². The Morgan fingerprint density at radius 2 is 1.27 bits per heavy atom. The first-order valence-corrected chi connectivity index (χ1v) is 22.1. The van der Waals surface area contributed by atoms with Gasteiger partial charge in [0.1, 0.15) is 11.5 Å². The molecule has 0 amide bonds. The van der Waals surface area contributed by atoms with Crippen molar-refractivity contribution in [1.82, 2.24) is 0 Å². The van der Waals surface area contributed by atoms with Gasteiger partial charge in [-0.05, 0) is 163 Å². The number of ketones is 1. The van der Waals surface area contributed by atoms with E-state index in [4.69, 9.17) is 4.99 Å². The number of nitrogens with zero attached hydrogens (tertiary/aromatic N) is 2. The lowest BCUT2D eigenvalue weighted by molar-refractivity contribution is -0.121. The fraction of sp³-hybridized carbons (Fsp3) is 0.686. The fourth-order valence-corrected chi connectivity index (χ4v) is 10.2. The van der Waals surface area contributed by atoms with Crippen molar-refractivity contribution in [2.75, 3.05) is 11.4 Å². The minimum absolute atomic E-state index is 0.00621. The number of hydrogen-bond acceptors (Lipinski definition) is 4. The van der Waals surface area contributed by atoms with Gasteiger partial charge in [0, 0.05) is 35.2 Å². The molecule has 0 spiro atoms. The van der Waals surface area contributed by atoms with Crippen molar-refractivity contribution < 1.29 is 9.90 Å². The number of carbonyl (C=O) groups excluding carboxylic acids is 1. The van der Waals surface area contributed by atoms with E-state index in [1.54, 1.807) is 0 Å². The van der Waals surface area contributed by atoms with Crippen LogP contribution in [0.2, 0.25) is 0 Å². The normalized spacial score (nSPS) is 22.5. The number of anilines is 2. The molecule has 4 nitrogen and oxygen atoms in total. The van der Waals surface area contributed by atoms with E-state index in [2.05, 4.69) is 121 Å². The van der Waals surface area contributed by atoms with Gasteiger partial charge in [-0.3, -0.25) is 9.79 Å². The number of allylic oxidation sites excluding steroid dienone is 2. The van der Waals surface area contributed by atoms with E-state index in [0.29, 0.717) is 41.7 Å². The van der Waals surface area contributed by atoms with Gasteiger partial charge in [0.05, 0.1) is 17.8 Å². The molecule has 1 saturated carbocycles.